The van der Waals surface area contributed by atoms with E-state index in [1.165, 1.54) is 0 Å². The largest absolute Gasteiger partial charge is 0.462 e. The number of hydrogen-bond acceptors (Lipinski definition) is 4. The van der Waals surface area contributed by atoms with Crippen molar-refractivity contribution in [2.24, 2.45) is 0 Å². The summed E-state index contributed by atoms with van der Waals surface area (Å²) in [5.41, 5.74) is 0. The third-order valence-electron chi connectivity index (χ3n) is 1.67. The van der Waals surface area contributed by atoms with Crippen LogP contribution >= 0.6 is 0 Å². The SMILES string of the molecule is CCCC(C)OCCOC(=O)CC#N. The van der Waals surface area contributed by atoms with Crippen LogP contribution in [-0.4, -0.2) is 25.3 Å². The summed E-state index contributed by atoms with van der Waals surface area (Å²) in [4.78, 5) is 10.7. The minimum Gasteiger partial charge on any atom is -0.462 e. The monoisotopic (exact) mass is 199 g/mol. The van der Waals surface area contributed by atoms with Gasteiger partial charge < -0.3 is 9.47 Å². The molecule has 14 heavy (non-hydrogen) atoms. The molecule has 1 unspecified atom stereocenters. The Bertz CT molecular complexity index is 198. The average molecular weight is 199 g/mol. The van der Waals surface area contributed by atoms with Crippen molar-refractivity contribution < 1.29 is 14.3 Å². The Labute approximate surface area is 84.8 Å². The molecule has 4 heteroatoms. The van der Waals surface area contributed by atoms with Crippen molar-refractivity contribution in [1.82, 2.24) is 0 Å². The molecule has 0 heterocycles. The van der Waals surface area contributed by atoms with Gasteiger partial charge >= 0.3 is 5.97 Å². The van der Waals surface area contributed by atoms with Gasteiger partial charge in [0.05, 0.1) is 18.8 Å². The molecular formula is C10H17NO3. The van der Waals surface area contributed by atoms with E-state index < -0.39 is 5.97 Å². The molecule has 0 fully saturated rings. The van der Waals surface area contributed by atoms with E-state index in [2.05, 4.69) is 6.92 Å². The molecule has 0 aliphatic heterocycles. The first-order valence-corrected chi connectivity index (χ1v) is 4.84. The number of carbonyl (C=O) groups excluding carboxylic acids is 1. The van der Waals surface area contributed by atoms with Gasteiger partial charge in [0.1, 0.15) is 13.0 Å². The van der Waals surface area contributed by atoms with Crippen molar-refractivity contribution in [2.75, 3.05) is 13.2 Å². The van der Waals surface area contributed by atoms with E-state index in [1.54, 1.807) is 6.07 Å². The molecule has 0 aromatic carbocycles. The van der Waals surface area contributed by atoms with Crippen molar-refractivity contribution in [1.29, 1.82) is 5.26 Å². The molecule has 0 saturated heterocycles. The van der Waals surface area contributed by atoms with Crippen LogP contribution in [0.4, 0.5) is 0 Å². The molecule has 0 bridgehead atoms. The maximum Gasteiger partial charge on any atom is 0.320 e. The van der Waals surface area contributed by atoms with Crippen molar-refractivity contribution in [3.05, 3.63) is 0 Å². The molecule has 0 aliphatic rings. The Morgan fingerprint density at radius 2 is 2.21 bits per heavy atom. The lowest BCUT2D eigenvalue weighted by molar-refractivity contribution is -0.144. The lowest BCUT2D eigenvalue weighted by Crippen LogP contribution is -2.14. The van der Waals surface area contributed by atoms with Gasteiger partial charge in [-0.15, -0.1) is 0 Å². The Morgan fingerprint density at radius 1 is 1.50 bits per heavy atom. The zero-order valence-corrected chi connectivity index (χ0v) is 8.78. The maximum absolute atomic E-state index is 10.7. The van der Waals surface area contributed by atoms with E-state index >= 15 is 0 Å². The number of nitriles is 1. The maximum atomic E-state index is 10.7. The first-order chi connectivity index (χ1) is 6.70. The van der Waals surface area contributed by atoms with E-state index in [0.29, 0.717) is 6.61 Å². The highest BCUT2D eigenvalue weighted by Gasteiger charge is 2.02. The molecule has 1 atom stereocenters. The molecule has 0 N–H and O–H groups in total. The molecule has 80 valence electrons. The second kappa shape index (κ2) is 8.52. The van der Waals surface area contributed by atoms with E-state index in [4.69, 9.17) is 14.7 Å². The van der Waals surface area contributed by atoms with Gasteiger partial charge in [0, 0.05) is 0 Å². The van der Waals surface area contributed by atoms with Crippen LogP contribution in [0.1, 0.15) is 33.1 Å². The fourth-order valence-corrected chi connectivity index (χ4v) is 1.01. The van der Waals surface area contributed by atoms with Crippen LogP contribution in [0.3, 0.4) is 0 Å². The summed E-state index contributed by atoms with van der Waals surface area (Å²) >= 11 is 0. The normalized spacial score (nSPS) is 11.8. The molecule has 0 rings (SSSR count). The Kier molecular flexibility index (Phi) is 7.86. The van der Waals surface area contributed by atoms with Gasteiger partial charge in [-0.25, -0.2) is 0 Å². The standard InChI is InChI=1S/C10H17NO3/c1-3-4-9(2)13-7-8-14-10(12)5-6-11/h9H,3-5,7-8H2,1-2H3. The lowest BCUT2D eigenvalue weighted by atomic mass is 10.2. The summed E-state index contributed by atoms with van der Waals surface area (Å²) in [6.07, 6.45) is 2.10. The zero-order valence-electron chi connectivity index (χ0n) is 8.78. The Morgan fingerprint density at radius 3 is 2.79 bits per heavy atom. The highest BCUT2D eigenvalue weighted by molar-refractivity contribution is 5.71. The van der Waals surface area contributed by atoms with Gasteiger partial charge in [-0.1, -0.05) is 13.3 Å². The van der Waals surface area contributed by atoms with Crippen LogP contribution in [-0.2, 0) is 14.3 Å². The molecule has 0 amide bonds. The summed E-state index contributed by atoms with van der Waals surface area (Å²) in [7, 11) is 0. The van der Waals surface area contributed by atoms with Crippen molar-refractivity contribution >= 4 is 5.97 Å². The number of ether oxygens (including phenoxy) is 2. The van der Waals surface area contributed by atoms with Crippen LogP contribution in [0.25, 0.3) is 0 Å². The second-order valence-corrected chi connectivity index (χ2v) is 3.03. The molecule has 0 radical (unpaired) electrons. The van der Waals surface area contributed by atoms with E-state index in [-0.39, 0.29) is 19.1 Å². The molecule has 4 nitrogen and oxygen atoms in total. The number of hydrogen-bond donors (Lipinski definition) is 0. The van der Waals surface area contributed by atoms with Crippen LogP contribution in [0.2, 0.25) is 0 Å². The number of nitrogens with zero attached hydrogens (tertiary/aromatic N) is 1. The fourth-order valence-electron chi connectivity index (χ4n) is 1.01. The third kappa shape index (κ3) is 7.56. The fraction of sp³-hybridized carbons (Fsp3) is 0.800. The first kappa shape index (κ1) is 12.9. The Hall–Kier alpha value is -1.08. The molecule has 0 saturated carbocycles. The van der Waals surface area contributed by atoms with Crippen molar-refractivity contribution in [3.63, 3.8) is 0 Å². The minimum atomic E-state index is -0.487. The zero-order chi connectivity index (χ0) is 10.8. The van der Waals surface area contributed by atoms with Gasteiger partial charge in [-0.3, -0.25) is 4.79 Å². The third-order valence-corrected chi connectivity index (χ3v) is 1.67. The van der Waals surface area contributed by atoms with E-state index in [9.17, 15) is 4.79 Å². The summed E-state index contributed by atoms with van der Waals surface area (Å²) < 4.78 is 10.1. The quantitative estimate of drug-likeness (QED) is 0.462. The predicted octanol–water partition coefficient (Wildman–Crippen LogP) is 1.65. The molecular weight excluding hydrogens is 182 g/mol. The topological polar surface area (TPSA) is 59.3 Å². The minimum absolute atomic E-state index is 0.190. The smallest absolute Gasteiger partial charge is 0.320 e. The lowest BCUT2D eigenvalue weighted by Gasteiger charge is -2.11. The predicted molar refractivity (Wildman–Crippen MR) is 51.5 cm³/mol. The molecule has 0 spiro atoms. The summed E-state index contributed by atoms with van der Waals surface area (Å²) in [6, 6.07) is 1.72. The number of rotatable bonds is 7. The summed E-state index contributed by atoms with van der Waals surface area (Å²) in [5, 5.41) is 8.17. The van der Waals surface area contributed by atoms with Crippen LogP contribution in [0, 0.1) is 11.3 Å². The van der Waals surface area contributed by atoms with Crippen molar-refractivity contribution in [2.45, 2.75) is 39.2 Å². The summed E-state index contributed by atoms with van der Waals surface area (Å²) in [6.45, 7) is 4.71. The van der Waals surface area contributed by atoms with E-state index in [1.807, 2.05) is 6.92 Å². The van der Waals surface area contributed by atoms with Gasteiger partial charge in [-0.05, 0) is 13.3 Å². The van der Waals surface area contributed by atoms with Crippen LogP contribution in [0.5, 0.6) is 0 Å². The van der Waals surface area contributed by atoms with Gasteiger partial charge in [0.25, 0.3) is 0 Å². The highest BCUT2D eigenvalue weighted by atomic mass is 16.6. The van der Waals surface area contributed by atoms with Crippen molar-refractivity contribution in [3.8, 4) is 6.07 Å². The number of esters is 1. The van der Waals surface area contributed by atoms with Gasteiger partial charge in [0.2, 0.25) is 0 Å². The van der Waals surface area contributed by atoms with Crippen LogP contribution in [0.15, 0.2) is 0 Å². The summed E-state index contributed by atoms with van der Waals surface area (Å²) in [5.74, 6) is -0.487. The first-order valence-electron chi connectivity index (χ1n) is 4.84. The van der Waals surface area contributed by atoms with Gasteiger partial charge in [-0.2, -0.15) is 5.26 Å². The molecule has 0 aromatic heterocycles. The Balaban J connectivity index is 3.29. The van der Waals surface area contributed by atoms with Crippen LogP contribution < -0.4 is 0 Å². The molecule has 0 aromatic rings. The highest BCUT2D eigenvalue weighted by Crippen LogP contribution is 2.00. The number of carbonyl (C=O) groups is 1. The van der Waals surface area contributed by atoms with Gasteiger partial charge in [0.15, 0.2) is 0 Å². The molecule has 0 aliphatic carbocycles. The van der Waals surface area contributed by atoms with E-state index in [0.717, 1.165) is 12.8 Å². The second-order valence-electron chi connectivity index (χ2n) is 3.03. The average Bonchev–Trinajstić information content (AvgIpc) is 2.13.